The molecule has 3 heteroatoms. The first-order valence-electron chi connectivity index (χ1n) is 6.94. The van der Waals surface area contributed by atoms with Crippen molar-refractivity contribution >= 4 is 0 Å². The van der Waals surface area contributed by atoms with Crippen molar-refractivity contribution in [3.8, 4) is 11.5 Å². The summed E-state index contributed by atoms with van der Waals surface area (Å²) >= 11 is 0. The van der Waals surface area contributed by atoms with Crippen molar-refractivity contribution in [2.24, 2.45) is 0 Å². The van der Waals surface area contributed by atoms with Gasteiger partial charge in [0.05, 0.1) is 14.2 Å². The summed E-state index contributed by atoms with van der Waals surface area (Å²) in [4.78, 5) is 0. The van der Waals surface area contributed by atoms with Gasteiger partial charge in [0.2, 0.25) is 0 Å². The zero-order valence-corrected chi connectivity index (χ0v) is 12.7. The van der Waals surface area contributed by atoms with Crippen LogP contribution in [0.1, 0.15) is 44.2 Å². The van der Waals surface area contributed by atoms with Crippen molar-refractivity contribution < 1.29 is 9.47 Å². The van der Waals surface area contributed by atoms with Gasteiger partial charge in [-0.2, -0.15) is 0 Å². The predicted octanol–water partition coefficient (Wildman–Crippen LogP) is 3.08. The maximum absolute atomic E-state index is 5.59. The van der Waals surface area contributed by atoms with Gasteiger partial charge in [-0.25, -0.2) is 0 Å². The third kappa shape index (κ3) is 2.86. The standard InChI is InChI=1S/C16H25NO2/c1-16(2,3)12-8-13(11-6-7-17-10-11)15(19-5)14(9-12)18-4/h8-9,11,17H,6-7,10H2,1-5H3. The van der Waals surface area contributed by atoms with E-state index in [0.29, 0.717) is 5.92 Å². The van der Waals surface area contributed by atoms with Crippen molar-refractivity contribution in [1.82, 2.24) is 5.32 Å². The SMILES string of the molecule is COc1cc(C(C)(C)C)cc(C2CCNC2)c1OC. The molecule has 0 amide bonds. The number of hydrogen-bond donors (Lipinski definition) is 1. The predicted molar refractivity (Wildman–Crippen MR) is 78.5 cm³/mol. The van der Waals surface area contributed by atoms with Crippen LogP contribution < -0.4 is 14.8 Å². The molecule has 2 rings (SSSR count). The molecule has 0 spiro atoms. The van der Waals surface area contributed by atoms with Crippen molar-refractivity contribution in [3.05, 3.63) is 23.3 Å². The summed E-state index contributed by atoms with van der Waals surface area (Å²) < 4.78 is 11.1. The van der Waals surface area contributed by atoms with Gasteiger partial charge in [0.15, 0.2) is 11.5 Å². The second kappa shape index (κ2) is 5.41. The monoisotopic (exact) mass is 263 g/mol. The van der Waals surface area contributed by atoms with Crippen LogP contribution in [0.3, 0.4) is 0 Å². The Labute approximate surface area is 116 Å². The van der Waals surface area contributed by atoms with E-state index in [1.54, 1.807) is 14.2 Å². The summed E-state index contributed by atoms with van der Waals surface area (Å²) in [5.74, 6) is 2.26. The molecular weight excluding hydrogens is 238 g/mol. The molecule has 106 valence electrons. The van der Waals surface area contributed by atoms with Crippen LogP contribution in [0.5, 0.6) is 11.5 Å². The van der Waals surface area contributed by atoms with E-state index in [1.807, 2.05) is 0 Å². The zero-order valence-electron chi connectivity index (χ0n) is 12.7. The Hall–Kier alpha value is -1.22. The fourth-order valence-corrected chi connectivity index (χ4v) is 2.65. The van der Waals surface area contributed by atoms with Crippen LogP contribution in [-0.2, 0) is 5.41 Å². The van der Waals surface area contributed by atoms with E-state index in [4.69, 9.17) is 9.47 Å². The number of methoxy groups -OCH3 is 2. The number of nitrogens with one attached hydrogen (secondary N) is 1. The summed E-state index contributed by atoms with van der Waals surface area (Å²) in [6.45, 7) is 8.78. The molecular formula is C16H25NO2. The smallest absolute Gasteiger partial charge is 0.164 e. The highest BCUT2D eigenvalue weighted by Crippen LogP contribution is 2.41. The molecule has 1 unspecified atom stereocenters. The Balaban J connectivity index is 2.54. The number of ether oxygens (including phenoxy) is 2. The highest BCUT2D eigenvalue weighted by Gasteiger charge is 2.26. The second-order valence-corrected chi connectivity index (χ2v) is 6.24. The van der Waals surface area contributed by atoms with E-state index in [1.165, 1.54) is 11.1 Å². The quantitative estimate of drug-likeness (QED) is 0.909. The first kappa shape index (κ1) is 14.2. The van der Waals surface area contributed by atoms with E-state index in [2.05, 4.69) is 38.2 Å². The Kier molecular flexibility index (Phi) is 4.04. The minimum Gasteiger partial charge on any atom is -0.493 e. The van der Waals surface area contributed by atoms with Gasteiger partial charge in [-0.3, -0.25) is 0 Å². The van der Waals surface area contributed by atoms with E-state index >= 15 is 0 Å². The van der Waals surface area contributed by atoms with Gasteiger partial charge in [-0.05, 0) is 30.0 Å². The van der Waals surface area contributed by atoms with Gasteiger partial charge in [-0.15, -0.1) is 0 Å². The van der Waals surface area contributed by atoms with Crippen LogP contribution in [-0.4, -0.2) is 27.3 Å². The summed E-state index contributed by atoms with van der Waals surface area (Å²) in [6.07, 6.45) is 1.16. The van der Waals surface area contributed by atoms with Crippen LogP contribution in [0.15, 0.2) is 12.1 Å². The lowest BCUT2D eigenvalue weighted by Crippen LogP contribution is -2.14. The molecule has 1 aliphatic rings. The second-order valence-electron chi connectivity index (χ2n) is 6.24. The highest BCUT2D eigenvalue weighted by atomic mass is 16.5. The molecule has 1 N–H and O–H groups in total. The molecule has 19 heavy (non-hydrogen) atoms. The number of rotatable bonds is 3. The Morgan fingerprint density at radius 2 is 1.89 bits per heavy atom. The minimum atomic E-state index is 0.111. The average molecular weight is 263 g/mol. The summed E-state index contributed by atoms with van der Waals surface area (Å²) in [6, 6.07) is 4.39. The summed E-state index contributed by atoms with van der Waals surface area (Å²) in [7, 11) is 3.43. The van der Waals surface area contributed by atoms with E-state index in [9.17, 15) is 0 Å². The van der Waals surface area contributed by atoms with Crippen LogP contribution in [0.2, 0.25) is 0 Å². The zero-order chi connectivity index (χ0) is 14.0. The van der Waals surface area contributed by atoms with Gasteiger partial charge >= 0.3 is 0 Å². The molecule has 0 aliphatic carbocycles. The molecule has 1 aromatic carbocycles. The number of hydrogen-bond acceptors (Lipinski definition) is 3. The first-order valence-corrected chi connectivity index (χ1v) is 6.94. The largest absolute Gasteiger partial charge is 0.493 e. The minimum absolute atomic E-state index is 0.111. The molecule has 0 aromatic heterocycles. The molecule has 1 heterocycles. The molecule has 1 fully saturated rings. The molecule has 3 nitrogen and oxygen atoms in total. The van der Waals surface area contributed by atoms with Crippen molar-refractivity contribution in [1.29, 1.82) is 0 Å². The third-order valence-electron chi connectivity index (χ3n) is 3.87. The molecule has 0 saturated carbocycles. The summed E-state index contributed by atoms with van der Waals surface area (Å²) in [5, 5.41) is 3.42. The lowest BCUT2D eigenvalue weighted by atomic mass is 9.83. The van der Waals surface area contributed by atoms with E-state index in [-0.39, 0.29) is 5.41 Å². The van der Waals surface area contributed by atoms with Crippen LogP contribution in [0.25, 0.3) is 0 Å². The third-order valence-corrected chi connectivity index (χ3v) is 3.87. The van der Waals surface area contributed by atoms with E-state index in [0.717, 1.165) is 31.0 Å². The Bertz CT molecular complexity index is 443. The fraction of sp³-hybridized carbons (Fsp3) is 0.625. The molecule has 0 bridgehead atoms. The van der Waals surface area contributed by atoms with Crippen LogP contribution in [0, 0.1) is 0 Å². The molecule has 1 aromatic rings. The van der Waals surface area contributed by atoms with Crippen molar-refractivity contribution in [2.75, 3.05) is 27.3 Å². The van der Waals surface area contributed by atoms with Gasteiger partial charge in [0.25, 0.3) is 0 Å². The van der Waals surface area contributed by atoms with Gasteiger partial charge in [-0.1, -0.05) is 26.8 Å². The maximum Gasteiger partial charge on any atom is 0.164 e. The topological polar surface area (TPSA) is 30.5 Å². The van der Waals surface area contributed by atoms with Gasteiger partial charge in [0, 0.05) is 18.0 Å². The van der Waals surface area contributed by atoms with Crippen molar-refractivity contribution in [3.63, 3.8) is 0 Å². The number of benzene rings is 1. The summed E-state index contributed by atoms with van der Waals surface area (Å²) in [5.41, 5.74) is 2.68. The molecule has 1 saturated heterocycles. The normalized spacial score (nSPS) is 19.5. The molecule has 1 aliphatic heterocycles. The van der Waals surface area contributed by atoms with Crippen molar-refractivity contribution in [2.45, 2.75) is 38.5 Å². The lowest BCUT2D eigenvalue weighted by Gasteiger charge is -2.24. The molecule has 1 atom stereocenters. The average Bonchev–Trinajstić information content (AvgIpc) is 2.89. The highest BCUT2D eigenvalue weighted by molar-refractivity contribution is 5.52. The van der Waals surface area contributed by atoms with Gasteiger partial charge in [0.1, 0.15) is 0 Å². The Morgan fingerprint density at radius 1 is 1.16 bits per heavy atom. The van der Waals surface area contributed by atoms with Gasteiger partial charge < -0.3 is 14.8 Å². The van der Waals surface area contributed by atoms with Crippen LogP contribution >= 0.6 is 0 Å². The Morgan fingerprint density at radius 3 is 2.37 bits per heavy atom. The van der Waals surface area contributed by atoms with Crippen LogP contribution in [0.4, 0.5) is 0 Å². The van der Waals surface area contributed by atoms with E-state index < -0.39 is 0 Å². The first-order chi connectivity index (χ1) is 8.97. The fourth-order valence-electron chi connectivity index (χ4n) is 2.65. The maximum atomic E-state index is 5.59. The lowest BCUT2D eigenvalue weighted by molar-refractivity contribution is 0.348. The molecule has 0 radical (unpaired) electrons.